The highest BCUT2D eigenvalue weighted by Gasteiger charge is 2.21. The van der Waals surface area contributed by atoms with Gasteiger partial charge in [-0.3, -0.25) is 4.79 Å². The van der Waals surface area contributed by atoms with Gasteiger partial charge in [0.05, 0.1) is 26.9 Å². The van der Waals surface area contributed by atoms with E-state index >= 15 is 0 Å². The number of benzene rings is 2. The van der Waals surface area contributed by atoms with E-state index in [1.54, 1.807) is 56.7 Å². The molecule has 2 aromatic rings. The second-order valence-electron chi connectivity index (χ2n) is 5.51. The molecule has 0 radical (unpaired) electrons. The number of hydrogen-bond acceptors (Lipinski definition) is 5. The minimum absolute atomic E-state index is 0.222. The Bertz CT molecular complexity index is 781. The molecule has 0 aromatic heterocycles. The first-order valence-electron chi connectivity index (χ1n) is 8.25. The highest BCUT2D eigenvalue weighted by molar-refractivity contribution is 5.94. The van der Waals surface area contributed by atoms with E-state index in [0.717, 1.165) is 11.3 Å². The Labute approximate surface area is 153 Å². The number of nitriles is 1. The topological polar surface area (TPSA) is 80.6 Å². The van der Waals surface area contributed by atoms with Gasteiger partial charge in [-0.05, 0) is 55.0 Å². The molecule has 0 unspecified atom stereocenters. The number of amides is 1. The van der Waals surface area contributed by atoms with Crippen molar-refractivity contribution in [2.75, 3.05) is 26.1 Å². The van der Waals surface area contributed by atoms with E-state index in [9.17, 15) is 10.1 Å². The fraction of sp³-hybridized carbons (Fsp3) is 0.300. The summed E-state index contributed by atoms with van der Waals surface area (Å²) in [4.78, 5) is 12.5. The van der Waals surface area contributed by atoms with Crippen LogP contribution in [0.25, 0.3) is 0 Å². The van der Waals surface area contributed by atoms with Crippen LogP contribution < -0.4 is 19.5 Å². The average Bonchev–Trinajstić information content (AvgIpc) is 2.67. The molecule has 6 heteroatoms. The summed E-state index contributed by atoms with van der Waals surface area (Å²) < 4.78 is 15.9. The zero-order chi connectivity index (χ0) is 18.9. The number of carbonyl (C=O) groups excluding carboxylic acids is 1. The maximum Gasteiger partial charge on any atom is 0.242 e. The van der Waals surface area contributed by atoms with Crippen molar-refractivity contribution < 1.29 is 19.0 Å². The SMILES string of the molecule is CCOc1ccc(NC(=O)[C@@H](C#N)Cc2cc(OC)ccc2OC)cc1. The van der Waals surface area contributed by atoms with Gasteiger partial charge in [-0.2, -0.15) is 5.26 Å². The normalized spacial score (nSPS) is 11.2. The molecule has 0 aliphatic carbocycles. The Hall–Kier alpha value is -3.20. The van der Waals surface area contributed by atoms with Crippen molar-refractivity contribution >= 4 is 11.6 Å². The second kappa shape index (κ2) is 9.33. The summed E-state index contributed by atoms with van der Waals surface area (Å²) in [5.74, 6) is 0.747. The molecule has 6 nitrogen and oxygen atoms in total. The van der Waals surface area contributed by atoms with Crippen LogP contribution in [0.4, 0.5) is 5.69 Å². The van der Waals surface area contributed by atoms with Crippen molar-refractivity contribution in [1.29, 1.82) is 5.26 Å². The molecule has 0 fully saturated rings. The molecule has 1 N–H and O–H groups in total. The van der Waals surface area contributed by atoms with Crippen molar-refractivity contribution in [2.45, 2.75) is 13.3 Å². The van der Waals surface area contributed by atoms with Gasteiger partial charge < -0.3 is 19.5 Å². The summed E-state index contributed by atoms with van der Waals surface area (Å²) in [5.41, 5.74) is 1.34. The van der Waals surface area contributed by atoms with Crippen molar-refractivity contribution in [2.24, 2.45) is 5.92 Å². The average molecular weight is 354 g/mol. The molecule has 136 valence electrons. The molecule has 1 atom stereocenters. The zero-order valence-corrected chi connectivity index (χ0v) is 15.1. The maximum absolute atomic E-state index is 12.5. The van der Waals surface area contributed by atoms with Crippen molar-refractivity contribution in [3.63, 3.8) is 0 Å². The molecule has 2 rings (SSSR count). The molecule has 0 heterocycles. The third kappa shape index (κ3) is 4.90. The number of ether oxygens (including phenoxy) is 3. The number of methoxy groups -OCH3 is 2. The van der Waals surface area contributed by atoms with Gasteiger partial charge in [0, 0.05) is 12.1 Å². The van der Waals surface area contributed by atoms with Crippen LogP contribution in [-0.2, 0) is 11.2 Å². The van der Waals surface area contributed by atoms with Gasteiger partial charge in [-0.15, -0.1) is 0 Å². The fourth-order valence-corrected chi connectivity index (χ4v) is 2.49. The predicted molar refractivity (Wildman–Crippen MR) is 98.6 cm³/mol. The lowest BCUT2D eigenvalue weighted by Crippen LogP contribution is -2.23. The van der Waals surface area contributed by atoms with Crippen LogP contribution in [0, 0.1) is 17.2 Å². The number of nitrogens with one attached hydrogen (secondary N) is 1. The van der Waals surface area contributed by atoms with E-state index in [0.29, 0.717) is 23.8 Å². The lowest BCUT2D eigenvalue weighted by molar-refractivity contribution is -0.118. The quantitative estimate of drug-likeness (QED) is 0.785. The van der Waals surface area contributed by atoms with Gasteiger partial charge >= 0.3 is 0 Å². The number of anilines is 1. The Balaban J connectivity index is 2.10. The summed E-state index contributed by atoms with van der Waals surface area (Å²) in [5, 5.41) is 12.2. The maximum atomic E-state index is 12.5. The Kier molecular flexibility index (Phi) is 6.86. The number of carbonyl (C=O) groups is 1. The van der Waals surface area contributed by atoms with Crippen molar-refractivity contribution in [3.8, 4) is 23.3 Å². The van der Waals surface area contributed by atoms with Crippen molar-refractivity contribution in [3.05, 3.63) is 48.0 Å². The van der Waals surface area contributed by atoms with E-state index in [-0.39, 0.29) is 12.3 Å². The number of nitrogens with zero attached hydrogens (tertiary/aromatic N) is 1. The fourth-order valence-electron chi connectivity index (χ4n) is 2.49. The molecule has 0 spiro atoms. The molecule has 2 aromatic carbocycles. The van der Waals surface area contributed by atoms with Gasteiger partial charge in [0.2, 0.25) is 5.91 Å². The second-order valence-corrected chi connectivity index (χ2v) is 5.51. The first-order valence-corrected chi connectivity index (χ1v) is 8.25. The lowest BCUT2D eigenvalue weighted by atomic mass is 9.98. The van der Waals surface area contributed by atoms with Crippen molar-refractivity contribution in [1.82, 2.24) is 0 Å². The van der Waals surface area contributed by atoms with E-state index < -0.39 is 5.92 Å². The highest BCUT2D eigenvalue weighted by atomic mass is 16.5. The molecular formula is C20H22N2O4. The van der Waals surface area contributed by atoms with Gasteiger partial charge in [-0.25, -0.2) is 0 Å². The van der Waals surface area contributed by atoms with Crippen LogP contribution in [0.5, 0.6) is 17.2 Å². The summed E-state index contributed by atoms with van der Waals surface area (Å²) in [6, 6.07) is 14.4. The lowest BCUT2D eigenvalue weighted by Gasteiger charge is -2.14. The van der Waals surface area contributed by atoms with E-state index in [4.69, 9.17) is 14.2 Å². The number of rotatable bonds is 8. The highest BCUT2D eigenvalue weighted by Crippen LogP contribution is 2.27. The van der Waals surface area contributed by atoms with Gasteiger partial charge in [-0.1, -0.05) is 0 Å². The summed E-state index contributed by atoms with van der Waals surface area (Å²) in [7, 11) is 3.11. The predicted octanol–water partition coefficient (Wildman–Crippen LogP) is 3.42. The van der Waals surface area contributed by atoms with E-state index in [2.05, 4.69) is 11.4 Å². The van der Waals surface area contributed by atoms with Crippen LogP contribution in [0.15, 0.2) is 42.5 Å². The minimum Gasteiger partial charge on any atom is -0.497 e. The standard InChI is InChI=1S/C20H22N2O4/c1-4-26-17-7-5-16(6-8-17)22-20(23)15(13-21)11-14-12-18(24-2)9-10-19(14)25-3/h5-10,12,15H,4,11H2,1-3H3,(H,22,23)/t15-/m1/s1. The van der Waals surface area contributed by atoms with Crippen LogP contribution >= 0.6 is 0 Å². The Morgan fingerprint density at radius 1 is 1.12 bits per heavy atom. The smallest absolute Gasteiger partial charge is 0.242 e. The van der Waals surface area contributed by atoms with Crippen LogP contribution in [-0.4, -0.2) is 26.7 Å². The Morgan fingerprint density at radius 3 is 2.38 bits per heavy atom. The van der Waals surface area contributed by atoms with E-state index in [1.807, 2.05) is 6.92 Å². The Morgan fingerprint density at radius 2 is 1.81 bits per heavy atom. The third-order valence-corrected chi connectivity index (χ3v) is 3.82. The first-order chi connectivity index (χ1) is 12.6. The van der Waals surface area contributed by atoms with Crippen LogP contribution in [0.1, 0.15) is 12.5 Å². The molecule has 0 aliphatic rings. The number of hydrogen-bond donors (Lipinski definition) is 1. The summed E-state index contributed by atoms with van der Waals surface area (Å²) in [6.07, 6.45) is 0.222. The largest absolute Gasteiger partial charge is 0.497 e. The van der Waals surface area contributed by atoms with Gasteiger partial charge in [0.1, 0.15) is 23.2 Å². The third-order valence-electron chi connectivity index (χ3n) is 3.82. The monoisotopic (exact) mass is 354 g/mol. The van der Waals surface area contributed by atoms with E-state index in [1.165, 1.54) is 0 Å². The van der Waals surface area contributed by atoms with Crippen LogP contribution in [0.2, 0.25) is 0 Å². The minimum atomic E-state index is -0.859. The molecule has 0 bridgehead atoms. The van der Waals surface area contributed by atoms with Crippen LogP contribution in [0.3, 0.4) is 0 Å². The summed E-state index contributed by atoms with van der Waals surface area (Å²) >= 11 is 0. The first kappa shape index (κ1) is 19.1. The van der Waals surface area contributed by atoms with Gasteiger partial charge in [0.15, 0.2) is 0 Å². The molecule has 26 heavy (non-hydrogen) atoms. The summed E-state index contributed by atoms with van der Waals surface area (Å²) in [6.45, 7) is 2.48. The van der Waals surface area contributed by atoms with Gasteiger partial charge in [0.25, 0.3) is 0 Å². The molecule has 0 saturated heterocycles. The molecule has 0 saturated carbocycles. The molecular weight excluding hydrogens is 332 g/mol. The molecule has 0 aliphatic heterocycles. The molecule has 1 amide bonds. The zero-order valence-electron chi connectivity index (χ0n) is 15.1.